The summed E-state index contributed by atoms with van der Waals surface area (Å²) in [7, 11) is 0. The lowest BCUT2D eigenvalue weighted by Crippen LogP contribution is -2.48. The third kappa shape index (κ3) is 7.32. The first kappa shape index (κ1) is 30.2. The predicted molar refractivity (Wildman–Crippen MR) is 160 cm³/mol. The molecule has 2 aromatic carbocycles. The zero-order chi connectivity index (χ0) is 30.4. The van der Waals surface area contributed by atoms with Crippen LogP contribution in [0, 0.1) is 11.3 Å². The monoisotopic (exact) mass is 568 g/mol. The maximum absolute atomic E-state index is 13.2. The van der Waals surface area contributed by atoms with E-state index in [0.717, 1.165) is 22.4 Å². The largest absolute Gasteiger partial charge is 0.490 e. The Hall–Kier alpha value is -4.72. The van der Waals surface area contributed by atoms with Gasteiger partial charge in [0.25, 0.3) is 5.91 Å². The van der Waals surface area contributed by atoms with Crippen molar-refractivity contribution in [1.29, 1.82) is 5.26 Å². The van der Waals surface area contributed by atoms with Crippen LogP contribution in [0.5, 0.6) is 5.75 Å². The number of amides is 2. The van der Waals surface area contributed by atoms with Crippen molar-refractivity contribution >= 4 is 17.5 Å². The molecule has 10 nitrogen and oxygen atoms in total. The third-order valence-corrected chi connectivity index (χ3v) is 6.69. The summed E-state index contributed by atoms with van der Waals surface area (Å²) in [5.74, 6) is -0.287. The number of nitriles is 1. The average Bonchev–Trinajstić information content (AvgIpc) is 3.40. The molecule has 0 fully saturated rings. The number of carbonyl (C=O) groups is 2. The van der Waals surface area contributed by atoms with Crippen molar-refractivity contribution in [2.45, 2.75) is 58.4 Å². The van der Waals surface area contributed by atoms with Crippen molar-refractivity contribution < 1.29 is 19.4 Å². The summed E-state index contributed by atoms with van der Waals surface area (Å²) in [6.07, 6.45) is 3.48. The number of nitrogens with two attached hydrogens (primary N) is 1. The van der Waals surface area contributed by atoms with Crippen molar-refractivity contribution in [1.82, 2.24) is 20.0 Å². The van der Waals surface area contributed by atoms with Crippen LogP contribution in [-0.2, 0) is 11.2 Å². The van der Waals surface area contributed by atoms with Crippen LogP contribution in [0.3, 0.4) is 0 Å². The molecular weight excluding hydrogens is 532 g/mol. The van der Waals surface area contributed by atoms with Crippen molar-refractivity contribution in [3.05, 3.63) is 89.2 Å². The minimum atomic E-state index is -0.688. The van der Waals surface area contributed by atoms with Gasteiger partial charge in [0.05, 0.1) is 35.5 Å². The third-order valence-electron chi connectivity index (χ3n) is 6.69. The predicted octanol–water partition coefficient (Wildman–Crippen LogP) is 3.52. The lowest BCUT2D eigenvalue weighted by atomic mass is 10.0. The summed E-state index contributed by atoms with van der Waals surface area (Å²) in [6, 6.07) is 17.2. The number of aromatic nitrogens is 2. The van der Waals surface area contributed by atoms with Crippen LogP contribution in [0.25, 0.3) is 16.9 Å². The van der Waals surface area contributed by atoms with Crippen LogP contribution in [0.1, 0.15) is 60.8 Å². The van der Waals surface area contributed by atoms with E-state index in [0.29, 0.717) is 23.4 Å². The molecular formula is C32H36N6O4. The van der Waals surface area contributed by atoms with Gasteiger partial charge in [-0.1, -0.05) is 30.3 Å². The minimum absolute atomic E-state index is 0.115. The molecule has 1 unspecified atom stereocenters. The number of hydrogen-bond acceptors (Lipinski definition) is 7. The van der Waals surface area contributed by atoms with Crippen LogP contribution in [0.2, 0.25) is 0 Å². The standard InChI is InChI=1S/C32H36N6O4/c1-19(2)42-29-12-11-24(15-25(29)16-33)32(41)36-26(17-35-31(40)20(3)34)14-22-7-9-23(10-8-22)28-18-38-13-5-6-27(21(4)39)30(38)37-28/h5-13,15,18-21,26,39H,14,17,34H2,1-4H3,(H,35,40)(H,36,41)/t20-,21?,26+/m1/s1. The molecule has 2 amide bonds. The number of nitrogens with zero attached hydrogens (tertiary/aromatic N) is 3. The fourth-order valence-electron chi connectivity index (χ4n) is 4.54. The average molecular weight is 569 g/mol. The Labute approximate surface area is 245 Å². The summed E-state index contributed by atoms with van der Waals surface area (Å²) in [4.78, 5) is 30.1. The second-order valence-electron chi connectivity index (χ2n) is 10.6. The number of rotatable bonds is 11. The molecule has 2 heterocycles. The minimum Gasteiger partial charge on any atom is -0.490 e. The van der Waals surface area contributed by atoms with Gasteiger partial charge in [0.1, 0.15) is 17.5 Å². The fraction of sp³-hybridized carbons (Fsp3) is 0.312. The molecule has 4 rings (SSSR count). The van der Waals surface area contributed by atoms with Gasteiger partial charge in [-0.05, 0) is 63.9 Å². The molecule has 42 heavy (non-hydrogen) atoms. The highest BCUT2D eigenvalue weighted by atomic mass is 16.5. The van der Waals surface area contributed by atoms with Gasteiger partial charge >= 0.3 is 0 Å². The van der Waals surface area contributed by atoms with Crippen molar-refractivity contribution in [3.63, 3.8) is 0 Å². The quantitative estimate of drug-likeness (QED) is 0.216. The molecule has 0 aliphatic heterocycles. The number of benzene rings is 2. The normalized spacial score (nSPS) is 13.3. The Morgan fingerprint density at radius 2 is 1.86 bits per heavy atom. The van der Waals surface area contributed by atoms with E-state index in [9.17, 15) is 20.0 Å². The van der Waals surface area contributed by atoms with Gasteiger partial charge in [-0.25, -0.2) is 4.98 Å². The first-order valence-electron chi connectivity index (χ1n) is 13.9. The highest BCUT2D eigenvalue weighted by Gasteiger charge is 2.19. The highest BCUT2D eigenvalue weighted by molar-refractivity contribution is 5.95. The molecule has 0 aliphatic rings. The summed E-state index contributed by atoms with van der Waals surface area (Å²) in [6.45, 7) is 7.20. The number of fused-ring (bicyclic) bond motifs is 1. The van der Waals surface area contributed by atoms with E-state index in [1.165, 1.54) is 6.07 Å². The molecule has 0 saturated carbocycles. The van der Waals surface area contributed by atoms with Crippen LogP contribution in [-0.4, -0.2) is 51.0 Å². The number of carbonyl (C=O) groups excluding carboxylic acids is 2. The number of ether oxygens (including phenoxy) is 1. The second kappa shape index (κ2) is 13.3. The lowest BCUT2D eigenvalue weighted by Gasteiger charge is -2.21. The molecule has 0 spiro atoms. The van der Waals surface area contributed by atoms with Crippen molar-refractivity contribution in [3.8, 4) is 23.1 Å². The van der Waals surface area contributed by atoms with Crippen LogP contribution in [0.15, 0.2) is 67.0 Å². The molecule has 0 aliphatic carbocycles. The van der Waals surface area contributed by atoms with E-state index in [4.69, 9.17) is 15.5 Å². The molecule has 0 bridgehead atoms. The van der Waals surface area contributed by atoms with Gasteiger partial charge in [0.15, 0.2) is 0 Å². The van der Waals surface area contributed by atoms with E-state index in [2.05, 4.69) is 16.7 Å². The zero-order valence-electron chi connectivity index (χ0n) is 24.2. The van der Waals surface area contributed by atoms with Gasteiger partial charge in [0, 0.05) is 35.6 Å². The number of pyridine rings is 1. The van der Waals surface area contributed by atoms with E-state index in [1.807, 2.05) is 67.0 Å². The van der Waals surface area contributed by atoms with Gasteiger partial charge in [-0.15, -0.1) is 0 Å². The van der Waals surface area contributed by atoms with E-state index in [1.54, 1.807) is 26.0 Å². The van der Waals surface area contributed by atoms with E-state index in [-0.39, 0.29) is 30.0 Å². The summed E-state index contributed by atoms with van der Waals surface area (Å²) < 4.78 is 7.55. The van der Waals surface area contributed by atoms with Gasteiger partial charge in [-0.2, -0.15) is 5.26 Å². The molecule has 4 aromatic rings. The first-order chi connectivity index (χ1) is 20.0. The molecule has 10 heteroatoms. The van der Waals surface area contributed by atoms with Gasteiger partial charge in [-0.3, -0.25) is 9.59 Å². The number of aliphatic hydroxyl groups excluding tert-OH is 1. The van der Waals surface area contributed by atoms with Crippen LogP contribution < -0.4 is 21.1 Å². The topological polar surface area (TPSA) is 155 Å². The Balaban J connectivity index is 1.52. The highest BCUT2D eigenvalue weighted by Crippen LogP contribution is 2.25. The molecule has 0 radical (unpaired) electrons. The molecule has 5 N–H and O–H groups in total. The summed E-state index contributed by atoms with van der Waals surface area (Å²) in [5, 5.41) is 25.4. The Kier molecular flexibility index (Phi) is 9.57. The SMILES string of the molecule is CC(C)Oc1ccc(C(=O)N[C@H](CNC(=O)[C@@H](C)N)Cc2ccc(-c3cn4cccc(C(C)O)c4n3)cc2)cc1C#N. The maximum atomic E-state index is 13.2. The van der Waals surface area contributed by atoms with Crippen molar-refractivity contribution in [2.24, 2.45) is 5.73 Å². The first-order valence-corrected chi connectivity index (χ1v) is 13.9. The van der Waals surface area contributed by atoms with Gasteiger partial charge in [0.2, 0.25) is 5.91 Å². The molecule has 3 atom stereocenters. The maximum Gasteiger partial charge on any atom is 0.251 e. The smallest absolute Gasteiger partial charge is 0.251 e. The van der Waals surface area contributed by atoms with Crippen molar-refractivity contribution in [2.75, 3.05) is 6.54 Å². The summed E-state index contributed by atoms with van der Waals surface area (Å²) in [5.41, 5.74) is 10.3. The Morgan fingerprint density at radius 3 is 2.50 bits per heavy atom. The summed E-state index contributed by atoms with van der Waals surface area (Å²) >= 11 is 0. The second-order valence-corrected chi connectivity index (χ2v) is 10.6. The Bertz CT molecular complexity index is 1600. The van der Waals surface area contributed by atoms with E-state index < -0.39 is 18.2 Å². The van der Waals surface area contributed by atoms with Crippen LogP contribution in [0.4, 0.5) is 0 Å². The number of nitrogens with one attached hydrogen (secondary N) is 2. The molecule has 2 aromatic heterocycles. The number of aliphatic hydroxyl groups is 1. The fourth-order valence-corrected chi connectivity index (χ4v) is 4.54. The molecule has 218 valence electrons. The van der Waals surface area contributed by atoms with E-state index >= 15 is 0 Å². The number of imidazole rings is 1. The molecule has 0 saturated heterocycles. The Morgan fingerprint density at radius 1 is 1.12 bits per heavy atom. The lowest BCUT2D eigenvalue weighted by molar-refractivity contribution is -0.122. The number of hydrogen-bond donors (Lipinski definition) is 4. The zero-order valence-corrected chi connectivity index (χ0v) is 24.2. The van der Waals surface area contributed by atoms with Crippen LogP contribution >= 0.6 is 0 Å². The van der Waals surface area contributed by atoms with Gasteiger partial charge < -0.3 is 30.6 Å².